The molecule has 2 aliphatic rings. The molecular formula is C26H18F2N6O6. The zero-order valence-electron chi connectivity index (χ0n) is 20.4. The number of nitrogens with zero attached hydrogens (tertiary/aromatic N) is 4. The van der Waals surface area contributed by atoms with Crippen molar-refractivity contribution >= 4 is 55.4 Å². The average molecular weight is 548 g/mol. The lowest BCUT2D eigenvalue weighted by molar-refractivity contribution is -0.292. The lowest BCUT2D eigenvalue weighted by Crippen LogP contribution is -2.70. The van der Waals surface area contributed by atoms with Gasteiger partial charge < -0.3 is 30.0 Å². The van der Waals surface area contributed by atoms with Gasteiger partial charge in [0.1, 0.15) is 29.9 Å². The van der Waals surface area contributed by atoms with E-state index in [1.807, 2.05) is 0 Å². The van der Waals surface area contributed by atoms with Crippen molar-refractivity contribution in [3.63, 3.8) is 0 Å². The fraction of sp³-hybridized carbons (Fsp3) is 0.231. The van der Waals surface area contributed by atoms with E-state index in [4.69, 9.17) is 4.74 Å². The van der Waals surface area contributed by atoms with Crippen LogP contribution in [0.3, 0.4) is 0 Å². The van der Waals surface area contributed by atoms with Gasteiger partial charge in [-0.3, -0.25) is 9.59 Å². The van der Waals surface area contributed by atoms with Crippen LogP contribution in [0.2, 0.25) is 0 Å². The maximum absolute atomic E-state index is 14.4. The van der Waals surface area contributed by atoms with Crippen LogP contribution in [-0.2, 0) is 4.74 Å². The fourth-order valence-electron chi connectivity index (χ4n) is 5.98. The van der Waals surface area contributed by atoms with Gasteiger partial charge in [-0.05, 0) is 54.0 Å². The van der Waals surface area contributed by atoms with E-state index >= 15 is 0 Å². The first-order valence-corrected chi connectivity index (χ1v) is 12.1. The highest BCUT2D eigenvalue weighted by Crippen LogP contribution is 2.47. The van der Waals surface area contributed by atoms with Crippen molar-refractivity contribution in [2.75, 3.05) is 0 Å². The highest BCUT2D eigenvalue weighted by molar-refractivity contribution is 6.39. The van der Waals surface area contributed by atoms with E-state index in [-0.39, 0.29) is 32.7 Å². The summed E-state index contributed by atoms with van der Waals surface area (Å²) in [5.41, 5.74) is 10.4. The molecule has 2 aliphatic heterocycles. The number of azide groups is 1. The van der Waals surface area contributed by atoms with Crippen molar-refractivity contribution in [1.29, 1.82) is 0 Å². The van der Waals surface area contributed by atoms with Crippen molar-refractivity contribution < 1.29 is 38.4 Å². The van der Waals surface area contributed by atoms with Crippen LogP contribution in [0.1, 0.15) is 27.6 Å². The van der Waals surface area contributed by atoms with Crippen LogP contribution in [0, 0.1) is 11.6 Å². The molecule has 5 aromatic rings. The minimum Gasteiger partial charge on any atom is -0.388 e. The summed E-state index contributed by atoms with van der Waals surface area (Å²) in [6.07, 6.45) is -7.15. The van der Waals surface area contributed by atoms with E-state index in [1.165, 1.54) is 43.3 Å². The van der Waals surface area contributed by atoms with Crippen molar-refractivity contribution in [3.8, 4) is 0 Å². The number of halogens is 2. The number of benzene rings is 3. The maximum atomic E-state index is 14.4. The molecule has 202 valence electrons. The number of hydrogen-bond acceptors (Lipinski definition) is 7. The molecule has 2 amide bonds. The number of aromatic amines is 2. The van der Waals surface area contributed by atoms with E-state index in [0.29, 0.717) is 27.0 Å². The predicted octanol–water partition coefficient (Wildman–Crippen LogP) is 3.30. The van der Waals surface area contributed by atoms with Gasteiger partial charge in [-0.25, -0.2) is 13.7 Å². The summed E-state index contributed by atoms with van der Waals surface area (Å²) in [5.74, 6) is -6.18. The van der Waals surface area contributed by atoms with Crippen LogP contribution in [0.4, 0.5) is 8.78 Å². The molecule has 3 aromatic carbocycles. The second kappa shape index (κ2) is 7.97. The monoisotopic (exact) mass is 548 g/mol. The normalized spacial score (nSPS) is 26.8. The van der Waals surface area contributed by atoms with Crippen LogP contribution in [0.5, 0.6) is 0 Å². The minimum absolute atomic E-state index is 0.153. The molecule has 0 unspecified atom stereocenters. The molecule has 0 aliphatic carbocycles. The molecule has 1 fully saturated rings. The largest absolute Gasteiger partial charge is 0.388 e. The topological polar surface area (TPSA) is 188 Å². The molecule has 1 saturated heterocycles. The molecule has 2 aromatic heterocycles. The number of hydrogen-bond donors (Lipinski definition) is 5. The van der Waals surface area contributed by atoms with Crippen molar-refractivity contribution in [1.82, 2.24) is 14.9 Å². The number of aliphatic hydroxyl groups is 3. The lowest BCUT2D eigenvalue weighted by Gasteiger charge is -2.48. The standard InChI is InChI=1S/C26H18F2N6O6/c1-8-21(35)22(36)23(37)26(40-8,32-33-29)34-24(38)17-15-11-6-9(27)2-4-13(11)30-19(15)20-16(18(17)25(34)39)12-7-10(28)3-5-14(12)31-20/h2-8,21-23,30-31,35-37H,1H3/t8-,21-,22+,23-,26-/m1/s1. The van der Waals surface area contributed by atoms with E-state index < -0.39 is 53.7 Å². The minimum atomic E-state index is -2.80. The zero-order valence-corrected chi connectivity index (χ0v) is 20.4. The molecular weight excluding hydrogens is 530 g/mol. The van der Waals surface area contributed by atoms with Crippen molar-refractivity contribution in [2.24, 2.45) is 5.11 Å². The molecule has 5 atom stereocenters. The fourth-order valence-corrected chi connectivity index (χ4v) is 5.98. The van der Waals surface area contributed by atoms with E-state index in [1.54, 1.807) is 0 Å². The Labute approximate surface area is 221 Å². The number of amides is 2. The number of aliphatic hydroxyl groups excluding tert-OH is 3. The molecule has 0 saturated carbocycles. The maximum Gasteiger partial charge on any atom is 0.264 e. The molecule has 12 nitrogen and oxygen atoms in total. The van der Waals surface area contributed by atoms with Gasteiger partial charge in [0.25, 0.3) is 17.7 Å². The van der Waals surface area contributed by atoms with E-state index in [9.17, 15) is 39.2 Å². The van der Waals surface area contributed by atoms with Gasteiger partial charge >= 0.3 is 0 Å². The van der Waals surface area contributed by atoms with Gasteiger partial charge in [0.2, 0.25) is 0 Å². The Bertz CT molecular complexity index is 1900. The van der Waals surface area contributed by atoms with Gasteiger partial charge in [0.15, 0.2) is 0 Å². The smallest absolute Gasteiger partial charge is 0.264 e. The summed E-state index contributed by atoms with van der Waals surface area (Å²) in [6, 6.07) is 7.71. The Morgan fingerprint density at radius 1 is 0.925 bits per heavy atom. The second-order valence-corrected chi connectivity index (χ2v) is 9.92. The first kappa shape index (κ1) is 24.5. The van der Waals surface area contributed by atoms with Gasteiger partial charge in [-0.2, -0.15) is 0 Å². The van der Waals surface area contributed by atoms with Crippen LogP contribution < -0.4 is 0 Å². The number of carbonyl (C=O) groups excluding carboxylic acids is 2. The average Bonchev–Trinajstić information content (AvgIpc) is 3.55. The molecule has 0 radical (unpaired) electrons. The Morgan fingerprint density at radius 3 is 1.90 bits per heavy atom. The summed E-state index contributed by atoms with van der Waals surface area (Å²) in [5, 5.41) is 36.1. The second-order valence-electron chi connectivity index (χ2n) is 9.92. The first-order chi connectivity index (χ1) is 19.1. The first-order valence-electron chi connectivity index (χ1n) is 12.1. The number of fused-ring (bicyclic) bond motifs is 10. The SMILES string of the molecule is C[C@H]1O[C@](N=[N+]=[N-])(N2C(=O)c3c(c4c5cc(F)ccc5[nH]c4c4[nH]c5ccc(F)cc5c34)C2=O)[C@H](O)[C@@H](O)[C@@H]1O. The van der Waals surface area contributed by atoms with Crippen LogP contribution in [0.25, 0.3) is 54.1 Å². The predicted molar refractivity (Wildman–Crippen MR) is 136 cm³/mol. The molecule has 0 spiro atoms. The summed E-state index contributed by atoms with van der Waals surface area (Å²) in [4.78, 5) is 37.8. The van der Waals surface area contributed by atoms with Gasteiger partial charge in [-0.15, -0.1) is 0 Å². The summed E-state index contributed by atoms with van der Waals surface area (Å²) in [7, 11) is 0. The summed E-state index contributed by atoms with van der Waals surface area (Å²) in [6.45, 7) is 1.29. The summed E-state index contributed by atoms with van der Waals surface area (Å²) >= 11 is 0. The molecule has 5 N–H and O–H groups in total. The van der Waals surface area contributed by atoms with Crippen LogP contribution >= 0.6 is 0 Å². The Morgan fingerprint density at radius 2 is 1.43 bits per heavy atom. The number of H-pyrrole nitrogens is 2. The third kappa shape index (κ3) is 2.88. The van der Waals surface area contributed by atoms with Crippen LogP contribution in [-0.4, -0.2) is 72.3 Å². The van der Waals surface area contributed by atoms with Crippen molar-refractivity contribution in [2.45, 2.75) is 37.2 Å². The number of ether oxygens (including phenoxy) is 1. The van der Waals surface area contributed by atoms with E-state index in [2.05, 4.69) is 20.0 Å². The Kier molecular flexibility index (Phi) is 4.87. The highest BCUT2D eigenvalue weighted by Gasteiger charge is 2.62. The number of rotatable bonds is 2. The third-order valence-electron chi connectivity index (χ3n) is 7.76. The quantitative estimate of drug-likeness (QED) is 0.0974. The molecule has 0 bridgehead atoms. The zero-order chi connectivity index (χ0) is 28.2. The molecule has 14 heteroatoms. The Balaban J connectivity index is 1.63. The van der Waals surface area contributed by atoms with Gasteiger partial charge in [-0.1, -0.05) is 0 Å². The lowest BCUT2D eigenvalue weighted by atomic mass is 9.95. The number of imide groups is 1. The highest BCUT2D eigenvalue weighted by atomic mass is 19.1. The van der Waals surface area contributed by atoms with Crippen LogP contribution in [0.15, 0.2) is 41.5 Å². The third-order valence-corrected chi connectivity index (χ3v) is 7.76. The number of carbonyl (C=O) groups is 2. The van der Waals surface area contributed by atoms with Gasteiger partial charge in [0.05, 0.1) is 28.3 Å². The Hall–Kier alpha value is -4.59. The van der Waals surface area contributed by atoms with Gasteiger partial charge in [0, 0.05) is 37.5 Å². The number of aromatic nitrogens is 2. The molecule has 7 rings (SSSR count). The summed E-state index contributed by atoms with van der Waals surface area (Å²) < 4.78 is 34.5. The molecule has 40 heavy (non-hydrogen) atoms. The van der Waals surface area contributed by atoms with Crippen molar-refractivity contribution in [3.05, 3.63) is 69.6 Å². The molecule has 4 heterocycles. The number of nitrogens with one attached hydrogen (secondary N) is 2. The van der Waals surface area contributed by atoms with E-state index in [0.717, 1.165) is 0 Å².